The molecule has 17 nitrogen and oxygen atoms in total. The van der Waals surface area contributed by atoms with Gasteiger partial charge in [0, 0.05) is 31.8 Å². The Bertz CT molecular complexity index is 671. The van der Waals surface area contributed by atoms with Crippen molar-refractivity contribution in [2.45, 2.75) is 49.1 Å². The molecule has 0 bridgehead atoms. The smallest absolute Gasteiger partial charge is 0.550 e. The molecule has 0 aromatic heterocycles. The average Bonchev–Trinajstić information content (AvgIpc) is 2.66. The first-order valence-electron chi connectivity index (χ1n) is 8.21. The van der Waals surface area contributed by atoms with Crippen LogP contribution in [0.15, 0.2) is 5.29 Å². The van der Waals surface area contributed by atoms with Gasteiger partial charge in [0.05, 0.1) is 17.9 Å². The summed E-state index contributed by atoms with van der Waals surface area (Å²) in [6.45, 7) is -0.605. The van der Waals surface area contributed by atoms with E-state index in [-0.39, 0.29) is 88.7 Å². The molecule has 1 aliphatic rings. The standard InChI is InChI=1S/C8H15N3O7.C6H8O7.3Na/c1-11(10-17)8(16)9-4-6(14)5(13)3(2-12)18-7(4)15;7-3(8)1-6(13,5(11)12)2-4(9)10;;;/h3-7,12-15H,2H2,1H3,(H,9,16);13H,1-2H2,(H,7,8)(H,9,10)(H,11,12);;;/q;;3*+1/p-3/t3-,4-,5-,6-,7+;;;;/m1..../s1. The average molecular weight is 523 g/mol. The van der Waals surface area contributed by atoms with E-state index in [1.807, 2.05) is 0 Å². The van der Waals surface area contributed by atoms with Gasteiger partial charge < -0.3 is 65.3 Å². The number of hydrogen-bond donors (Lipinski definition) is 6. The molecule has 0 aromatic carbocycles. The van der Waals surface area contributed by atoms with E-state index in [9.17, 15) is 54.7 Å². The van der Waals surface area contributed by atoms with Gasteiger partial charge in [0.15, 0.2) is 6.29 Å². The molecule has 1 saturated heterocycles. The molecule has 2 amide bonds. The number of aliphatic hydroxyl groups excluding tert-OH is 4. The third-order valence-corrected chi connectivity index (χ3v) is 3.86. The Balaban J connectivity index is -0.000000254. The molecule has 34 heavy (non-hydrogen) atoms. The van der Waals surface area contributed by atoms with Gasteiger partial charge in [0.2, 0.25) is 0 Å². The number of carbonyl (C=O) groups is 4. The number of carboxylic acids is 3. The number of carbonyl (C=O) groups excluding carboxylic acids is 4. The minimum atomic E-state index is -2.97. The number of hydrogen-bond acceptors (Lipinski definition) is 15. The van der Waals surface area contributed by atoms with Crippen molar-refractivity contribution in [1.82, 2.24) is 10.3 Å². The second-order valence-electron chi connectivity index (χ2n) is 6.23. The van der Waals surface area contributed by atoms with Crippen LogP contribution in [-0.2, 0) is 19.1 Å². The van der Waals surface area contributed by atoms with Gasteiger partial charge in [-0.25, -0.2) is 4.79 Å². The van der Waals surface area contributed by atoms with Crippen molar-refractivity contribution in [2.75, 3.05) is 13.7 Å². The van der Waals surface area contributed by atoms with Gasteiger partial charge in [-0.15, -0.1) is 4.91 Å². The van der Waals surface area contributed by atoms with E-state index in [2.05, 4.69) is 10.6 Å². The summed E-state index contributed by atoms with van der Waals surface area (Å²) in [6, 6.07) is -2.33. The van der Waals surface area contributed by atoms with Gasteiger partial charge in [-0.3, -0.25) is 0 Å². The molecular weight excluding hydrogens is 503 g/mol. The number of aliphatic hydroxyl groups is 5. The molecule has 6 N–H and O–H groups in total. The van der Waals surface area contributed by atoms with E-state index in [0.29, 0.717) is 5.01 Å². The second kappa shape index (κ2) is 19.2. The van der Waals surface area contributed by atoms with Crippen molar-refractivity contribution in [3.63, 3.8) is 0 Å². The molecule has 1 aliphatic heterocycles. The van der Waals surface area contributed by atoms with Crippen LogP contribution in [0.3, 0.4) is 0 Å². The van der Waals surface area contributed by atoms with E-state index >= 15 is 0 Å². The van der Waals surface area contributed by atoms with E-state index in [1.54, 1.807) is 0 Å². The molecule has 178 valence electrons. The van der Waals surface area contributed by atoms with E-state index < -0.39 is 79.6 Å². The molecule has 0 saturated carbocycles. The summed E-state index contributed by atoms with van der Waals surface area (Å²) in [6.07, 6.45) is -8.56. The van der Waals surface area contributed by atoms with Gasteiger partial charge >= 0.3 is 94.7 Å². The van der Waals surface area contributed by atoms with E-state index in [1.165, 1.54) is 0 Å². The van der Waals surface area contributed by atoms with E-state index in [4.69, 9.17) is 14.9 Å². The fourth-order valence-electron chi connectivity index (χ4n) is 2.21. The molecule has 0 aromatic rings. The summed E-state index contributed by atoms with van der Waals surface area (Å²) >= 11 is 0. The summed E-state index contributed by atoms with van der Waals surface area (Å²) in [5, 5.41) is 81.3. The number of carboxylic acid groups (broad SMARTS) is 3. The molecule has 1 rings (SSSR count). The largest absolute Gasteiger partial charge is 1.00 e. The van der Waals surface area contributed by atoms with Crippen LogP contribution in [0.2, 0.25) is 0 Å². The van der Waals surface area contributed by atoms with Crippen LogP contribution in [-0.4, -0.2) is 104 Å². The van der Waals surface area contributed by atoms with Gasteiger partial charge in [-0.05, 0) is 0 Å². The Morgan fingerprint density at radius 2 is 1.44 bits per heavy atom. The normalized spacial score (nSPS) is 23.2. The Hall–Kier alpha value is 0.0400. The Morgan fingerprint density at radius 1 is 1.00 bits per heavy atom. The van der Waals surface area contributed by atoms with Crippen LogP contribution in [0.5, 0.6) is 0 Å². The van der Waals surface area contributed by atoms with Gasteiger partial charge in [-0.2, -0.15) is 5.01 Å². The fraction of sp³-hybridized carbons (Fsp3) is 0.714. The topological polar surface area (TPSA) is 293 Å². The molecule has 5 atom stereocenters. The van der Waals surface area contributed by atoms with Crippen molar-refractivity contribution in [3.8, 4) is 0 Å². The number of nitrogens with zero attached hydrogens (tertiary/aromatic N) is 2. The molecule has 20 heteroatoms. The van der Waals surface area contributed by atoms with Crippen molar-refractivity contribution in [1.29, 1.82) is 0 Å². The quantitative estimate of drug-likeness (QED) is 0.0978. The monoisotopic (exact) mass is 523 g/mol. The van der Waals surface area contributed by atoms with Crippen molar-refractivity contribution in [2.24, 2.45) is 5.29 Å². The van der Waals surface area contributed by atoms with Crippen molar-refractivity contribution < 1.29 is 153 Å². The molecule has 0 spiro atoms. The number of aliphatic carboxylic acids is 3. The third kappa shape index (κ3) is 13.4. The zero-order valence-electron chi connectivity index (χ0n) is 18.8. The number of ether oxygens (including phenoxy) is 1. The summed E-state index contributed by atoms with van der Waals surface area (Å²) in [5.41, 5.74) is -2.97. The van der Waals surface area contributed by atoms with E-state index in [0.717, 1.165) is 7.05 Å². The van der Waals surface area contributed by atoms with Crippen LogP contribution in [0.1, 0.15) is 12.8 Å². The van der Waals surface area contributed by atoms with Crippen LogP contribution in [0.4, 0.5) is 4.79 Å². The number of urea groups is 1. The van der Waals surface area contributed by atoms with Crippen LogP contribution < -0.4 is 109 Å². The summed E-state index contributed by atoms with van der Waals surface area (Å²) in [5.74, 6) is -5.98. The van der Waals surface area contributed by atoms with Crippen LogP contribution >= 0.6 is 0 Å². The predicted molar refractivity (Wildman–Crippen MR) is 85.1 cm³/mol. The first-order chi connectivity index (χ1) is 14.2. The minimum Gasteiger partial charge on any atom is -0.550 e. The maximum absolute atomic E-state index is 11.3. The summed E-state index contributed by atoms with van der Waals surface area (Å²) in [7, 11) is 1.07. The first-order valence-corrected chi connectivity index (χ1v) is 8.21. The van der Waals surface area contributed by atoms with Gasteiger partial charge in [-0.1, -0.05) is 0 Å². The van der Waals surface area contributed by atoms with Gasteiger partial charge in [0.1, 0.15) is 30.0 Å². The zero-order chi connectivity index (χ0) is 24.5. The molecule has 1 heterocycles. The van der Waals surface area contributed by atoms with Crippen molar-refractivity contribution in [3.05, 3.63) is 4.91 Å². The minimum absolute atomic E-state index is 0. The molecule has 0 radical (unpaired) electrons. The molecule has 0 unspecified atom stereocenters. The Kier molecular flexibility index (Phi) is 23.2. The first kappa shape index (κ1) is 41.2. The Morgan fingerprint density at radius 3 is 1.76 bits per heavy atom. The number of amides is 2. The molecule has 0 aliphatic carbocycles. The Labute approximate surface area is 258 Å². The van der Waals surface area contributed by atoms with Crippen LogP contribution in [0.25, 0.3) is 0 Å². The number of nitroso groups, excluding NO2 is 1. The molecular formula is C14H20N3Na3O14. The van der Waals surface area contributed by atoms with Crippen LogP contribution in [0, 0.1) is 4.91 Å². The number of rotatable bonds is 8. The third-order valence-electron chi connectivity index (χ3n) is 3.86. The SMILES string of the molecule is CN(N=O)C(=O)N[C@@H]1[C@@H](O)[C@H](O)[C@@H](CO)O[C@@H]1O.O=C([O-])CC(O)(CC(=O)[O-])C(=O)[O-].[Na+].[Na+].[Na+]. The second-order valence-corrected chi connectivity index (χ2v) is 6.23. The predicted octanol–water partition coefficient (Wildman–Crippen LogP) is -17.1. The summed E-state index contributed by atoms with van der Waals surface area (Å²) < 4.78 is 4.80. The van der Waals surface area contributed by atoms with Gasteiger partial charge in [0.25, 0.3) is 0 Å². The number of nitrogens with one attached hydrogen (secondary N) is 1. The fourth-order valence-corrected chi connectivity index (χ4v) is 2.21. The maximum atomic E-state index is 11.3. The molecule has 1 fully saturated rings. The maximum Gasteiger partial charge on any atom is 1.00 e. The zero-order valence-corrected chi connectivity index (χ0v) is 24.8. The summed E-state index contributed by atoms with van der Waals surface area (Å²) in [4.78, 5) is 51.4. The van der Waals surface area contributed by atoms with Crippen molar-refractivity contribution >= 4 is 23.9 Å².